The smallest absolute Gasteiger partial charge is 0.272 e. The van der Waals surface area contributed by atoms with Gasteiger partial charge in [0, 0.05) is 58.2 Å². The van der Waals surface area contributed by atoms with Gasteiger partial charge in [-0.2, -0.15) is 0 Å². The number of pyridine rings is 1. The van der Waals surface area contributed by atoms with E-state index in [2.05, 4.69) is 4.98 Å². The molecule has 1 aromatic heterocycles. The Morgan fingerprint density at radius 2 is 1.62 bits per heavy atom. The third kappa shape index (κ3) is 4.11. The summed E-state index contributed by atoms with van der Waals surface area (Å²) in [5.74, 6) is -1.12. The summed E-state index contributed by atoms with van der Waals surface area (Å²) in [6.07, 6.45) is 2.13. The molecule has 2 aliphatic heterocycles. The lowest BCUT2D eigenvalue weighted by Gasteiger charge is -2.34. The van der Waals surface area contributed by atoms with E-state index in [9.17, 15) is 19.2 Å². The van der Waals surface area contributed by atoms with Gasteiger partial charge in [0.1, 0.15) is 5.69 Å². The van der Waals surface area contributed by atoms with Crippen molar-refractivity contribution in [3.8, 4) is 0 Å². The van der Waals surface area contributed by atoms with Gasteiger partial charge in [-0.05, 0) is 36.8 Å². The van der Waals surface area contributed by atoms with Crippen molar-refractivity contribution in [1.82, 2.24) is 19.7 Å². The van der Waals surface area contributed by atoms with Crippen LogP contribution < -0.4 is 0 Å². The summed E-state index contributed by atoms with van der Waals surface area (Å²) in [7, 11) is 1.56. The predicted molar refractivity (Wildman–Crippen MR) is 114 cm³/mol. The highest BCUT2D eigenvalue weighted by Gasteiger charge is 2.36. The van der Waals surface area contributed by atoms with Crippen molar-refractivity contribution in [1.29, 1.82) is 0 Å². The molecule has 4 rings (SSSR count). The van der Waals surface area contributed by atoms with Crippen LogP contribution in [-0.4, -0.2) is 89.8 Å². The van der Waals surface area contributed by atoms with Gasteiger partial charge in [0.15, 0.2) is 0 Å². The van der Waals surface area contributed by atoms with Crippen LogP contribution in [0, 0.1) is 0 Å². The summed E-state index contributed by atoms with van der Waals surface area (Å²) in [5, 5.41) is 0. The number of imide groups is 1. The van der Waals surface area contributed by atoms with Crippen molar-refractivity contribution in [2.45, 2.75) is 6.42 Å². The molecular weight excluding hydrogens is 412 g/mol. The maximum absolute atomic E-state index is 13.0. The Bertz CT molecular complexity index is 1050. The van der Waals surface area contributed by atoms with Gasteiger partial charge in [-0.15, -0.1) is 0 Å². The van der Waals surface area contributed by atoms with Crippen LogP contribution in [0.4, 0.5) is 0 Å². The number of nitrogens with zero attached hydrogens (tertiary/aromatic N) is 4. The highest BCUT2D eigenvalue weighted by molar-refractivity contribution is 6.22. The van der Waals surface area contributed by atoms with Crippen LogP contribution in [0.5, 0.6) is 0 Å². The summed E-state index contributed by atoms with van der Waals surface area (Å²) < 4.78 is 4.99. The zero-order valence-electron chi connectivity index (χ0n) is 17.8. The normalized spacial score (nSPS) is 15.8. The first-order valence-electron chi connectivity index (χ1n) is 10.5. The van der Waals surface area contributed by atoms with Gasteiger partial charge in [-0.25, -0.2) is 0 Å². The summed E-state index contributed by atoms with van der Waals surface area (Å²) in [5.41, 5.74) is 1.30. The quantitative estimate of drug-likeness (QED) is 0.500. The van der Waals surface area contributed by atoms with Gasteiger partial charge >= 0.3 is 0 Å². The highest BCUT2D eigenvalue weighted by Crippen LogP contribution is 2.25. The number of carbonyl (C=O) groups excluding carboxylic acids is 4. The van der Waals surface area contributed by atoms with E-state index in [1.165, 1.54) is 11.0 Å². The third-order valence-corrected chi connectivity index (χ3v) is 5.69. The molecule has 0 atom stereocenters. The number of hydrogen-bond donors (Lipinski definition) is 0. The molecule has 1 aromatic carbocycles. The number of amides is 4. The first-order valence-corrected chi connectivity index (χ1v) is 10.5. The van der Waals surface area contributed by atoms with E-state index in [1.807, 2.05) is 0 Å². The fraction of sp³-hybridized carbons (Fsp3) is 0.348. The van der Waals surface area contributed by atoms with Gasteiger partial charge in [-0.1, -0.05) is 6.07 Å². The molecule has 0 bridgehead atoms. The topological polar surface area (TPSA) is 100 Å². The molecule has 1 fully saturated rings. The van der Waals surface area contributed by atoms with Gasteiger partial charge in [-0.3, -0.25) is 29.1 Å². The fourth-order valence-corrected chi connectivity index (χ4v) is 3.94. The molecule has 166 valence electrons. The second-order valence-corrected chi connectivity index (χ2v) is 7.67. The second-order valence-electron chi connectivity index (χ2n) is 7.67. The maximum atomic E-state index is 13.0. The van der Waals surface area contributed by atoms with Gasteiger partial charge in [0.25, 0.3) is 23.6 Å². The molecule has 32 heavy (non-hydrogen) atoms. The number of hydrogen-bond acceptors (Lipinski definition) is 6. The number of piperazine rings is 1. The molecule has 9 heteroatoms. The summed E-state index contributed by atoms with van der Waals surface area (Å²) in [6, 6.07) is 9.80. The van der Waals surface area contributed by atoms with E-state index in [-0.39, 0.29) is 35.7 Å². The van der Waals surface area contributed by atoms with Gasteiger partial charge in [0.05, 0.1) is 11.1 Å². The Balaban J connectivity index is 1.41. The lowest BCUT2D eigenvalue weighted by molar-refractivity contribution is 0.0532. The van der Waals surface area contributed by atoms with Crippen molar-refractivity contribution in [2.75, 3.05) is 46.4 Å². The lowest BCUT2D eigenvalue weighted by atomic mass is 10.0. The molecule has 9 nitrogen and oxygen atoms in total. The Labute approximate surface area is 185 Å². The summed E-state index contributed by atoms with van der Waals surface area (Å²) >= 11 is 0. The van der Waals surface area contributed by atoms with Gasteiger partial charge in [0.2, 0.25) is 0 Å². The molecular formula is C23H24N4O5. The largest absolute Gasteiger partial charge is 0.385 e. The highest BCUT2D eigenvalue weighted by atomic mass is 16.5. The van der Waals surface area contributed by atoms with Crippen LogP contribution in [0.25, 0.3) is 0 Å². The molecule has 0 radical (unpaired) electrons. The van der Waals surface area contributed by atoms with Crippen molar-refractivity contribution < 1.29 is 23.9 Å². The Morgan fingerprint density at radius 3 is 2.28 bits per heavy atom. The second kappa shape index (κ2) is 9.27. The monoisotopic (exact) mass is 436 g/mol. The van der Waals surface area contributed by atoms with E-state index >= 15 is 0 Å². The summed E-state index contributed by atoms with van der Waals surface area (Å²) in [6.45, 7) is 2.28. The van der Waals surface area contributed by atoms with Crippen molar-refractivity contribution in [2.24, 2.45) is 0 Å². The molecule has 2 aliphatic rings. The maximum Gasteiger partial charge on any atom is 0.272 e. The van der Waals surface area contributed by atoms with Crippen LogP contribution >= 0.6 is 0 Å². The van der Waals surface area contributed by atoms with E-state index in [1.54, 1.807) is 53.4 Å². The van der Waals surface area contributed by atoms with Crippen molar-refractivity contribution in [3.05, 3.63) is 65.0 Å². The number of aromatic nitrogens is 1. The van der Waals surface area contributed by atoms with E-state index in [0.29, 0.717) is 56.0 Å². The Kier molecular flexibility index (Phi) is 6.27. The minimum atomic E-state index is -0.387. The molecule has 4 amide bonds. The number of benzene rings is 1. The number of rotatable bonds is 6. The molecule has 0 saturated carbocycles. The SMILES string of the molecule is COCCCN1C(=O)c2ccc(C(=O)N3CCN(C(=O)c4ccccn4)CC3)cc2C1=O. The standard InChI is InChI=1S/C23H24N4O5/c1-32-14-4-9-27-21(29)17-7-6-16(15-18(17)22(27)30)20(28)25-10-12-26(13-11-25)23(31)19-5-2-3-8-24-19/h2-3,5-8,15H,4,9-14H2,1H3. The minimum Gasteiger partial charge on any atom is -0.385 e. The van der Waals surface area contributed by atoms with Gasteiger partial charge < -0.3 is 14.5 Å². The molecule has 0 aliphatic carbocycles. The molecule has 0 spiro atoms. The number of fused-ring (bicyclic) bond motifs is 1. The Hall–Kier alpha value is -3.59. The zero-order chi connectivity index (χ0) is 22.7. The number of carbonyl (C=O) groups is 4. The molecule has 0 unspecified atom stereocenters. The average Bonchev–Trinajstić information content (AvgIpc) is 3.08. The average molecular weight is 436 g/mol. The minimum absolute atomic E-state index is 0.159. The fourth-order valence-electron chi connectivity index (χ4n) is 3.94. The predicted octanol–water partition coefficient (Wildman–Crippen LogP) is 1.31. The first kappa shape index (κ1) is 21.6. The molecule has 3 heterocycles. The van der Waals surface area contributed by atoms with Crippen LogP contribution in [0.3, 0.4) is 0 Å². The van der Waals surface area contributed by atoms with Crippen LogP contribution in [0.2, 0.25) is 0 Å². The van der Waals surface area contributed by atoms with Crippen molar-refractivity contribution >= 4 is 23.6 Å². The lowest BCUT2D eigenvalue weighted by Crippen LogP contribution is -2.50. The van der Waals surface area contributed by atoms with E-state index in [4.69, 9.17) is 4.74 Å². The van der Waals surface area contributed by atoms with Crippen molar-refractivity contribution in [3.63, 3.8) is 0 Å². The Morgan fingerprint density at radius 1 is 0.938 bits per heavy atom. The third-order valence-electron chi connectivity index (χ3n) is 5.69. The number of methoxy groups -OCH3 is 1. The molecule has 2 aromatic rings. The first-order chi connectivity index (χ1) is 15.5. The molecule has 0 N–H and O–H groups in total. The number of ether oxygens (including phenoxy) is 1. The van der Waals surface area contributed by atoms with E-state index < -0.39 is 0 Å². The van der Waals surface area contributed by atoms with Crippen LogP contribution in [0.1, 0.15) is 48.0 Å². The van der Waals surface area contributed by atoms with Crippen LogP contribution in [-0.2, 0) is 4.74 Å². The zero-order valence-corrected chi connectivity index (χ0v) is 17.8. The van der Waals surface area contributed by atoms with Crippen LogP contribution in [0.15, 0.2) is 42.6 Å². The molecule has 1 saturated heterocycles. The van der Waals surface area contributed by atoms with E-state index in [0.717, 1.165) is 0 Å². The summed E-state index contributed by atoms with van der Waals surface area (Å²) in [4.78, 5) is 59.4.